The minimum atomic E-state index is -3.35. The highest BCUT2D eigenvalue weighted by Crippen LogP contribution is 2.31. The lowest BCUT2D eigenvalue weighted by atomic mass is 10.2. The molecule has 1 N–H and O–H groups in total. The quantitative estimate of drug-likeness (QED) is 0.911. The van der Waals surface area contributed by atoms with Gasteiger partial charge >= 0.3 is 0 Å². The summed E-state index contributed by atoms with van der Waals surface area (Å²) in [5.41, 5.74) is 1.22. The topological polar surface area (TPSA) is 87.0 Å². The molecule has 7 heteroatoms. The number of nitriles is 1. The lowest BCUT2D eigenvalue weighted by Gasteiger charge is -2.03. The fraction of sp³-hybridized carbons (Fsp3) is 0.455. The molecule has 98 valence electrons. The summed E-state index contributed by atoms with van der Waals surface area (Å²) in [7, 11) is -3.35. The summed E-state index contributed by atoms with van der Waals surface area (Å²) in [4.78, 5) is 12.5. The third-order valence-corrected chi connectivity index (χ3v) is 5.25. The average molecular weight is 286 g/mol. The standard InChI is InChI=1S/C11H14N2O3S2/c1-4-18(15,16)6-10(14)13-11-9(5-12)7(2)8(3)17-11/h4,6H2,1-3H3,(H,13,14). The number of anilines is 1. The van der Waals surface area contributed by atoms with Crippen LogP contribution in [0.1, 0.15) is 22.9 Å². The third-order valence-electron chi connectivity index (χ3n) is 2.54. The Morgan fingerprint density at radius 2 is 2.06 bits per heavy atom. The van der Waals surface area contributed by atoms with Crippen molar-refractivity contribution in [1.82, 2.24) is 0 Å². The van der Waals surface area contributed by atoms with Crippen LogP contribution in [0.5, 0.6) is 0 Å². The summed E-state index contributed by atoms with van der Waals surface area (Å²) in [5.74, 6) is -1.23. The molecule has 0 radical (unpaired) electrons. The maximum atomic E-state index is 11.6. The molecule has 0 bridgehead atoms. The summed E-state index contributed by atoms with van der Waals surface area (Å²) in [6.45, 7) is 5.13. The lowest BCUT2D eigenvalue weighted by molar-refractivity contribution is -0.113. The van der Waals surface area contributed by atoms with Crippen molar-refractivity contribution in [2.75, 3.05) is 16.8 Å². The van der Waals surface area contributed by atoms with E-state index >= 15 is 0 Å². The second kappa shape index (κ2) is 5.50. The maximum absolute atomic E-state index is 11.6. The molecule has 0 spiro atoms. The molecule has 5 nitrogen and oxygen atoms in total. The second-order valence-electron chi connectivity index (χ2n) is 3.82. The van der Waals surface area contributed by atoms with Crippen molar-refractivity contribution < 1.29 is 13.2 Å². The van der Waals surface area contributed by atoms with Gasteiger partial charge in [-0.15, -0.1) is 11.3 Å². The Bertz CT molecular complexity index is 609. The summed E-state index contributed by atoms with van der Waals surface area (Å²) in [6.07, 6.45) is 0. The van der Waals surface area contributed by atoms with Crippen LogP contribution in [0.2, 0.25) is 0 Å². The number of carbonyl (C=O) groups excluding carboxylic acids is 1. The van der Waals surface area contributed by atoms with Gasteiger partial charge in [-0.25, -0.2) is 8.42 Å². The predicted molar refractivity (Wildman–Crippen MR) is 71.5 cm³/mol. The first kappa shape index (κ1) is 14.7. The zero-order valence-electron chi connectivity index (χ0n) is 10.4. The van der Waals surface area contributed by atoms with Crippen molar-refractivity contribution in [2.45, 2.75) is 20.8 Å². The molecule has 0 fully saturated rings. The molecule has 1 heterocycles. The summed E-state index contributed by atoms with van der Waals surface area (Å²) in [6, 6.07) is 2.01. The van der Waals surface area contributed by atoms with E-state index in [1.54, 1.807) is 6.92 Å². The molecule has 0 unspecified atom stereocenters. The molecule has 0 saturated carbocycles. The largest absolute Gasteiger partial charge is 0.316 e. The Kier molecular flexibility index (Phi) is 4.48. The van der Waals surface area contributed by atoms with Gasteiger partial charge in [0.2, 0.25) is 5.91 Å². The SMILES string of the molecule is CCS(=O)(=O)CC(=O)Nc1sc(C)c(C)c1C#N. The van der Waals surface area contributed by atoms with Crippen molar-refractivity contribution in [3.8, 4) is 6.07 Å². The number of thiophene rings is 1. The van der Waals surface area contributed by atoms with Gasteiger partial charge in [-0.3, -0.25) is 4.79 Å². The lowest BCUT2D eigenvalue weighted by Crippen LogP contribution is -2.23. The molecule has 0 aliphatic carbocycles. The molecule has 0 aliphatic rings. The highest BCUT2D eigenvalue weighted by Gasteiger charge is 2.18. The van der Waals surface area contributed by atoms with Crippen molar-refractivity contribution in [3.63, 3.8) is 0 Å². The Balaban J connectivity index is 2.90. The molecule has 1 rings (SSSR count). The maximum Gasteiger partial charge on any atom is 0.240 e. The first-order valence-corrected chi connectivity index (χ1v) is 7.95. The van der Waals surface area contributed by atoms with Gasteiger partial charge in [0.25, 0.3) is 0 Å². The van der Waals surface area contributed by atoms with Crippen LogP contribution in [0.25, 0.3) is 0 Å². The summed E-state index contributed by atoms with van der Waals surface area (Å²) in [5, 5.41) is 11.9. The van der Waals surface area contributed by atoms with Gasteiger partial charge in [0.05, 0.1) is 5.56 Å². The number of carbonyl (C=O) groups is 1. The van der Waals surface area contributed by atoms with E-state index in [0.29, 0.717) is 10.6 Å². The average Bonchev–Trinajstić information content (AvgIpc) is 2.53. The van der Waals surface area contributed by atoms with Crippen molar-refractivity contribution >= 4 is 32.1 Å². The third kappa shape index (κ3) is 3.31. The van der Waals surface area contributed by atoms with Crippen LogP contribution >= 0.6 is 11.3 Å². The zero-order valence-corrected chi connectivity index (χ0v) is 12.0. The smallest absolute Gasteiger partial charge is 0.240 e. The highest BCUT2D eigenvalue weighted by molar-refractivity contribution is 7.92. The summed E-state index contributed by atoms with van der Waals surface area (Å²) < 4.78 is 22.6. The first-order valence-electron chi connectivity index (χ1n) is 5.31. The van der Waals surface area contributed by atoms with Gasteiger partial charge in [0.1, 0.15) is 16.8 Å². The molecule has 1 aromatic rings. The van der Waals surface area contributed by atoms with E-state index in [2.05, 4.69) is 5.32 Å². The fourth-order valence-corrected chi connectivity index (χ4v) is 3.02. The number of hydrogen-bond acceptors (Lipinski definition) is 5. The van der Waals surface area contributed by atoms with Crippen LogP contribution < -0.4 is 5.32 Å². The highest BCUT2D eigenvalue weighted by atomic mass is 32.2. The normalized spacial score (nSPS) is 11.0. The van der Waals surface area contributed by atoms with Gasteiger partial charge in [0, 0.05) is 10.6 Å². The molecular formula is C11H14N2O3S2. The Hall–Kier alpha value is -1.39. The number of nitrogens with one attached hydrogen (secondary N) is 1. The zero-order chi connectivity index (χ0) is 13.9. The molecule has 0 aliphatic heterocycles. The monoisotopic (exact) mass is 286 g/mol. The Labute approximate surface area is 110 Å². The number of sulfone groups is 1. The number of amides is 1. The van der Waals surface area contributed by atoms with Crippen molar-refractivity contribution in [1.29, 1.82) is 5.26 Å². The van der Waals surface area contributed by atoms with Gasteiger partial charge < -0.3 is 5.32 Å². The minimum absolute atomic E-state index is 0.0754. The van der Waals surface area contributed by atoms with Crippen LogP contribution in [0, 0.1) is 25.2 Å². The van der Waals surface area contributed by atoms with E-state index in [1.165, 1.54) is 18.3 Å². The van der Waals surface area contributed by atoms with Crippen LogP contribution in [0.3, 0.4) is 0 Å². The van der Waals surface area contributed by atoms with E-state index in [4.69, 9.17) is 5.26 Å². The van der Waals surface area contributed by atoms with E-state index in [-0.39, 0.29) is 5.75 Å². The molecule has 1 amide bonds. The van der Waals surface area contributed by atoms with Gasteiger partial charge in [0.15, 0.2) is 9.84 Å². The fourth-order valence-electron chi connectivity index (χ4n) is 1.31. The van der Waals surface area contributed by atoms with E-state index in [1.807, 2.05) is 13.0 Å². The van der Waals surface area contributed by atoms with Crippen LogP contribution in [0.4, 0.5) is 5.00 Å². The van der Waals surface area contributed by atoms with Gasteiger partial charge in [-0.1, -0.05) is 6.92 Å². The van der Waals surface area contributed by atoms with Crippen LogP contribution in [-0.4, -0.2) is 25.8 Å². The summed E-state index contributed by atoms with van der Waals surface area (Å²) >= 11 is 1.28. The molecule has 0 atom stereocenters. The van der Waals surface area contributed by atoms with Crippen LogP contribution in [-0.2, 0) is 14.6 Å². The van der Waals surface area contributed by atoms with E-state index in [0.717, 1.165) is 10.4 Å². The molecular weight excluding hydrogens is 272 g/mol. The van der Waals surface area contributed by atoms with Gasteiger partial charge in [-0.2, -0.15) is 5.26 Å². The molecule has 18 heavy (non-hydrogen) atoms. The van der Waals surface area contributed by atoms with Crippen molar-refractivity contribution in [2.24, 2.45) is 0 Å². The van der Waals surface area contributed by atoms with E-state index in [9.17, 15) is 13.2 Å². The van der Waals surface area contributed by atoms with Crippen molar-refractivity contribution in [3.05, 3.63) is 16.0 Å². The second-order valence-corrected chi connectivity index (χ2v) is 7.40. The van der Waals surface area contributed by atoms with E-state index < -0.39 is 21.5 Å². The predicted octanol–water partition coefficient (Wildman–Crippen LogP) is 1.61. The molecule has 0 saturated heterocycles. The molecule has 0 aromatic carbocycles. The van der Waals surface area contributed by atoms with Gasteiger partial charge in [-0.05, 0) is 19.4 Å². The number of rotatable bonds is 4. The Morgan fingerprint density at radius 1 is 1.44 bits per heavy atom. The van der Waals surface area contributed by atoms with Crippen LogP contribution in [0.15, 0.2) is 0 Å². The Morgan fingerprint density at radius 3 is 2.56 bits per heavy atom. The minimum Gasteiger partial charge on any atom is -0.316 e. The molecule has 1 aromatic heterocycles. The number of aryl methyl sites for hydroxylation is 1. The number of nitrogens with zero attached hydrogens (tertiary/aromatic N) is 1. The first-order chi connectivity index (χ1) is 8.30. The number of hydrogen-bond donors (Lipinski definition) is 1.